The first-order chi connectivity index (χ1) is 8.43. The van der Waals surface area contributed by atoms with Crippen LogP contribution in [0, 0.1) is 0 Å². The van der Waals surface area contributed by atoms with Gasteiger partial charge in [-0.2, -0.15) is 0 Å². The Labute approximate surface area is 119 Å². The molecular formula is C14H20Cl2N2. The van der Waals surface area contributed by atoms with Crippen LogP contribution in [0.2, 0.25) is 10.0 Å². The summed E-state index contributed by atoms with van der Waals surface area (Å²) in [4.78, 5) is 2.43. The molecule has 18 heavy (non-hydrogen) atoms. The lowest BCUT2D eigenvalue weighted by Crippen LogP contribution is -2.61. The Balaban J connectivity index is 2.29. The molecule has 0 aromatic heterocycles. The lowest BCUT2D eigenvalue weighted by Gasteiger charge is -2.45. The van der Waals surface area contributed by atoms with Gasteiger partial charge in [0.1, 0.15) is 0 Å². The molecule has 100 valence electrons. The SMILES string of the molecule is CCC1CNC(C)(C)CN1c1ccc(Cl)c(Cl)c1. The van der Waals surface area contributed by atoms with Crippen LogP contribution in [0.15, 0.2) is 18.2 Å². The molecule has 1 atom stereocenters. The maximum absolute atomic E-state index is 6.12. The first-order valence-corrected chi connectivity index (χ1v) is 7.15. The van der Waals surface area contributed by atoms with E-state index in [0.29, 0.717) is 16.1 Å². The Morgan fingerprint density at radius 1 is 1.33 bits per heavy atom. The van der Waals surface area contributed by atoms with Crippen molar-refractivity contribution in [1.29, 1.82) is 0 Å². The van der Waals surface area contributed by atoms with Crippen molar-refractivity contribution in [3.8, 4) is 0 Å². The minimum atomic E-state index is 0.123. The highest BCUT2D eigenvalue weighted by atomic mass is 35.5. The number of anilines is 1. The molecule has 1 aromatic rings. The monoisotopic (exact) mass is 286 g/mol. The van der Waals surface area contributed by atoms with Gasteiger partial charge in [0, 0.05) is 30.4 Å². The van der Waals surface area contributed by atoms with Gasteiger partial charge >= 0.3 is 0 Å². The van der Waals surface area contributed by atoms with E-state index in [4.69, 9.17) is 23.2 Å². The van der Waals surface area contributed by atoms with Gasteiger partial charge in [-0.05, 0) is 38.5 Å². The molecule has 0 amide bonds. The molecular weight excluding hydrogens is 267 g/mol. The maximum atomic E-state index is 6.12. The summed E-state index contributed by atoms with van der Waals surface area (Å²) in [5.41, 5.74) is 1.28. The van der Waals surface area contributed by atoms with Gasteiger partial charge < -0.3 is 10.2 Å². The summed E-state index contributed by atoms with van der Waals surface area (Å²) < 4.78 is 0. The van der Waals surface area contributed by atoms with Gasteiger partial charge in [0.25, 0.3) is 0 Å². The van der Waals surface area contributed by atoms with Crippen molar-refractivity contribution in [2.45, 2.75) is 38.8 Å². The molecule has 1 saturated heterocycles. The van der Waals surface area contributed by atoms with E-state index in [2.05, 4.69) is 37.1 Å². The molecule has 4 heteroatoms. The van der Waals surface area contributed by atoms with Gasteiger partial charge in [0.05, 0.1) is 10.0 Å². The Kier molecular flexibility index (Phi) is 4.10. The van der Waals surface area contributed by atoms with E-state index in [0.717, 1.165) is 25.2 Å². The third-order valence-corrected chi connectivity index (χ3v) is 4.27. The Bertz CT molecular complexity index is 432. The standard InChI is InChI=1S/C14H20Cl2N2/c1-4-10-8-17-14(2,3)9-18(10)11-5-6-12(15)13(16)7-11/h5-7,10,17H,4,8-9H2,1-3H3. The van der Waals surface area contributed by atoms with E-state index in [1.165, 1.54) is 0 Å². The van der Waals surface area contributed by atoms with Crippen molar-refractivity contribution >= 4 is 28.9 Å². The first-order valence-electron chi connectivity index (χ1n) is 6.39. The van der Waals surface area contributed by atoms with Crippen molar-refractivity contribution < 1.29 is 0 Å². The molecule has 1 fully saturated rings. The largest absolute Gasteiger partial charge is 0.365 e. The summed E-state index contributed by atoms with van der Waals surface area (Å²) in [6.07, 6.45) is 1.11. The molecule has 1 aliphatic rings. The highest BCUT2D eigenvalue weighted by Crippen LogP contribution is 2.30. The van der Waals surface area contributed by atoms with Crippen LogP contribution in [0.4, 0.5) is 5.69 Å². The number of nitrogens with zero attached hydrogens (tertiary/aromatic N) is 1. The summed E-state index contributed by atoms with van der Waals surface area (Å²) in [5, 5.41) is 4.82. The fraction of sp³-hybridized carbons (Fsp3) is 0.571. The average Bonchev–Trinajstić information content (AvgIpc) is 2.32. The molecule has 1 aromatic carbocycles. The molecule has 0 radical (unpaired) electrons. The van der Waals surface area contributed by atoms with Crippen LogP contribution in [-0.2, 0) is 0 Å². The van der Waals surface area contributed by atoms with Crippen LogP contribution >= 0.6 is 23.2 Å². The summed E-state index contributed by atoms with van der Waals surface area (Å²) in [5.74, 6) is 0. The van der Waals surface area contributed by atoms with Gasteiger partial charge in [-0.1, -0.05) is 30.1 Å². The molecule has 2 rings (SSSR count). The fourth-order valence-electron chi connectivity index (χ4n) is 2.45. The molecule has 1 heterocycles. The number of nitrogens with one attached hydrogen (secondary N) is 1. The first kappa shape index (κ1) is 14.0. The van der Waals surface area contributed by atoms with Crippen LogP contribution in [0.3, 0.4) is 0 Å². The van der Waals surface area contributed by atoms with Crippen molar-refractivity contribution in [3.05, 3.63) is 28.2 Å². The molecule has 0 saturated carbocycles. The van der Waals surface area contributed by atoms with Crippen LogP contribution < -0.4 is 10.2 Å². The van der Waals surface area contributed by atoms with Crippen molar-refractivity contribution in [2.24, 2.45) is 0 Å². The molecule has 1 aliphatic heterocycles. The van der Waals surface area contributed by atoms with Crippen molar-refractivity contribution in [1.82, 2.24) is 5.32 Å². The van der Waals surface area contributed by atoms with Crippen LogP contribution in [0.1, 0.15) is 27.2 Å². The van der Waals surface area contributed by atoms with Crippen LogP contribution in [-0.4, -0.2) is 24.7 Å². The Morgan fingerprint density at radius 2 is 2.06 bits per heavy atom. The molecule has 0 aliphatic carbocycles. The van der Waals surface area contributed by atoms with Crippen LogP contribution in [0.25, 0.3) is 0 Å². The highest BCUT2D eigenvalue weighted by Gasteiger charge is 2.31. The van der Waals surface area contributed by atoms with E-state index in [1.807, 2.05) is 12.1 Å². The normalized spacial score (nSPS) is 23.2. The van der Waals surface area contributed by atoms with E-state index in [-0.39, 0.29) is 5.54 Å². The molecule has 0 bridgehead atoms. The molecule has 1 N–H and O–H groups in total. The molecule has 1 unspecified atom stereocenters. The zero-order valence-electron chi connectivity index (χ0n) is 11.1. The third-order valence-electron chi connectivity index (χ3n) is 3.53. The predicted octanol–water partition coefficient (Wildman–Crippen LogP) is 3.96. The third kappa shape index (κ3) is 2.93. The Hall–Kier alpha value is -0.440. The second-order valence-electron chi connectivity index (χ2n) is 5.55. The summed E-state index contributed by atoms with van der Waals surface area (Å²) in [7, 11) is 0. The zero-order valence-corrected chi connectivity index (χ0v) is 12.6. The second kappa shape index (κ2) is 5.28. The molecule has 2 nitrogen and oxygen atoms in total. The average molecular weight is 287 g/mol. The minimum Gasteiger partial charge on any atom is -0.365 e. The van der Waals surface area contributed by atoms with Gasteiger partial charge in [-0.25, -0.2) is 0 Å². The number of benzene rings is 1. The maximum Gasteiger partial charge on any atom is 0.0612 e. The van der Waals surface area contributed by atoms with Crippen molar-refractivity contribution in [3.63, 3.8) is 0 Å². The molecule has 0 spiro atoms. The number of piperazine rings is 1. The number of halogens is 2. The van der Waals surface area contributed by atoms with Gasteiger partial charge in [-0.3, -0.25) is 0 Å². The number of hydrogen-bond acceptors (Lipinski definition) is 2. The number of rotatable bonds is 2. The van der Waals surface area contributed by atoms with E-state index in [9.17, 15) is 0 Å². The zero-order chi connectivity index (χ0) is 13.3. The fourth-order valence-corrected chi connectivity index (χ4v) is 2.74. The van der Waals surface area contributed by atoms with Gasteiger partial charge in [-0.15, -0.1) is 0 Å². The predicted molar refractivity (Wildman–Crippen MR) is 80.0 cm³/mol. The van der Waals surface area contributed by atoms with E-state index < -0.39 is 0 Å². The Morgan fingerprint density at radius 3 is 2.67 bits per heavy atom. The lowest BCUT2D eigenvalue weighted by atomic mass is 9.97. The quantitative estimate of drug-likeness (QED) is 0.885. The van der Waals surface area contributed by atoms with Crippen molar-refractivity contribution in [2.75, 3.05) is 18.0 Å². The number of hydrogen-bond donors (Lipinski definition) is 1. The van der Waals surface area contributed by atoms with Gasteiger partial charge in [0.2, 0.25) is 0 Å². The highest BCUT2D eigenvalue weighted by molar-refractivity contribution is 6.42. The summed E-state index contributed by atoms with van der Waals surface area (Å²) in [6.45, 7) is 8.65. The smallest absolute Gasteiger partial charge is 0.0612 e. The van der Waals surface area contributed by atoms with E-state index in [1.54, 1.807) is 0 Å². The summed E-state index contributed by atoms with van der Waals surface area (Å²) >= 11 is 12.1. The summed E-state index contributed by atoms with van der Waals surface area (Å²) in [6, 6.07) is 6.41. The second-order valence-corrected chi connectivity index (χ2v) is 6.37. The minimum absolute atomic E-state index is 0.123. The van der Waals surface area contributed by atoms with Crippen LogP contribution in [0.5, 0.6) is 0 Å². The van der Waals surface area contributed by atoms with Gasteiger partial charge in [0.15, 0.2) is 0 Å². The lowest BCUT2D eigenvalue weighted by molar-refractivity contribution is 0.306. The topological polar surface area (TPSA) is 15.3 Å². The van der Waals surface area contributed by atoms with E-state index >= 15 is 0 Å².